The van der Waals surface area contributed by atoms with Crippen molar-refractivity contribution in [2.24, 2.45) is 0 Å². The molecule has 0 aliphatic carbocycles. The summed E-state index contributed by atoms with van der Waals surface area (Å²) < 4.78 is 55.3. The third-order valence-corrected chi connectivity index (χ3v) is 7.54. The van der Waals surface area contributed by atoms with E-state index in [1.165, 1.54) is 6.07 Å². The molecule has 0 radical (unpaired) electrons. The standard InChI is InChI=1S/C25H21Cl2F3N2O3S/c1-2-36(34)15-9-7-14(8-10-15)17(12-33)24-31-19-11-18(26)21(22(27)23(19)32-24)16-5-3-4-6-20(16)35-13-25(28,29)30/h3-11,17,33H,2,12-13H2,1H3,(H,31,32). The largest absolute Gasteiger partial charge is 0.611 e. The van der Waals surface area contributed by atoms with Gasteiger partial charge in [-0.2, -0.15) is 13.2 Å². The Bertz CT molecular complexity index is 1360. The fourth-order valence-electron chi connectivity index (χ4n) is 3.84. The normalized spacial score (nSPS) is 13.7. The Kier molecular flexibility index (Phi) is 8.06. The lowest BCUT2D eigenvalue weighted by molar-refractivity contribution is -0.153. The molecule has 0 bridgehead atoms. The lowest BCUT2D eigenvalue weighted by Gasteiger charge is -2.15. The number of fused-ring (bicyclic) bond motifs is 1. The van der Waals surface area contributed by atoms with Gasteiger partial charge in [0.25, 0.3) is 0 Å². The van der Waals surface area contributed by atoms with E-state index in [9.17, 15) is 22.8 Å². The van der Waals surface area contributed by atoms with Gasteiger partial charge in [0.15, 0.2) is 11.5 Å². The van der Waals surface area contributed by atoms with Crippen molar-refractivity contribution in [3.05, 3.63) is 76.0 Å². The Morgan fingerprint density at radius 2 is 1.83 bits per heavy atom. The summed E-state index contributed by atoms with van der Waals surface area (Å²) in [6.07, 6.45) is -4.51. The summed E-state index contributed by atoms with van der Waals surface area (Å²) in [5.74, 6) is 0.375. The number of imidazole rings is 1. The fraction of sp³-hybridized carbons (Fsp3) is 0.240. The highest BCUT2D eigenvalue weighted by Gasteiger charge is 2.29. The van der Waals surface area contributed by atoms with E-state index in [0.29, 0.717) is 33.1 Å². The molecular weight excluding hydrogens is 536 g/mol. The molecule has 2 unspecified atom stereocenters. The first-order valence-corrected chi connectivity index (χ1v) is 13.0. The van der Waals surface area contributed by atoms with Crippen LogP contribution in [0.3, 0.4) is 0 Å². The van der Waals surface area contributed by atoms with E-state index in [2.05, 4.69) is 9.97 Å². The zero-order chi connectivity index (χ0) is 26.0. The van der Waals surface area contributed by atoms with Crippen LogP contribution in [0.5, 0.6) is 5.75 Å². The highest BCUT2D eigenvalue weighted by molar-refractivity contribution is 7.91. The Labute approximate surface area is 218 Å². The van der Waals surface area contributed by atoms with Gasteiger partial charge in [0, 0.05) is 11.1 Å². The first-order chi connectivity index (χ1) is 17.1. The first kappa shape index (κ1) is 26.6. The van der Waals surface area contributed by atoms with Gasteiger partial charge in [0.2, 0.25) is 0 Å². The first-order valence-electron chi connectivity index (χ1n) is 10.9. The number of aliphatic hydroxyl groups excluding tert-OH is 1. The topological polar surface area (TPSA) is 81.2 Å². The van der Waals surface area contributed by atoms with Crippen molar-refractivity contribution in [3.63, 3.8) is 0 Å². The number of H-pyrrole nitrogens is 1. The molecule has 0 aliphatic heterocycles. The molecule has 1 aromatic heterocycles. The molecule has 190 valence electrons. The number of halogens is 5. The summed E-state index contributed by atoms with van der Waals surface area (Å²) in [4.78, 5) is 8.41. The molecule has 4 aromatic rings. The molecule has 1 heterocycles. The average Bonchev–Trinajstić information content (AvgIpc) is 3.27. The van der Waals surface area contributed by atoms with E-state index < -0.39 is 29.9 Å². The van der Waals surface area contributed by atoms with Gasteiger partial charge in [-0.25, -0.2) is 4.98 Å². The van der Waals surface area contributed by atoms with E-state index in [1.54, 1.807) is 48.5 Å². The quantitative estimate of drug-likeness (QED) is 0.236. The van der Waals surface area contributed by atoms with Gasteiger partial charge < -0.3 is 19.4 Å². The van der Waals surface area contributed by atoms with Crippen LogP contribution in [0.15, 0.2) is 59.5 Å². The maximum absolute atomic E-state index is 12.7. The smallest absolute Gasteiger partial charge is 0.422 e. The Balaban J connectivity index is 1.74. The number of para-hydroxylation sites is 1. The van der Waals surface area contributed by atoms with Gasteiger partial charge in [0.05, 0.1) is 28.1 Å². The van der Waals surface area contributed by atoms with Crippen LogP contribution in [-0.4, -0.2) is 44.8 Å². The number of hydrogen-bond donors (Lipinski definition) is 2. The summed E-state index contributed by atoms with van der Waals surface area (Å²) in [6, 6.07) is 14.8. The van der Waals surface area contributed by atoms with E-state index in [4.69, 9.17) is 27.9 Å². The summed E-state index contributed by atoms with van der Waals surface area (Å²) in [7, 11) is 0. The van der Waals surface area contributed by atoms with Crippen LogP contribution in [0.25, 0.3) is 22.2 Å². The number of nitrogens with one attached hydrogen (secondary N) is 1. The number of aliphatic hydroxyl groups is 1. The molecule has 3 aromatic carbocycles. The van der Waals surface area contributed by atoms with Crippen molar-refractivity contribution in [1.82, 2.24) is 9.97 Å². The van der Waals surface area contributed by atoms with Crippen molar-refractivity contribution in [2.75, 3.05) is 19.0 Å². The number of alkyl halides is 3. The predicted octanol–water partition coefficient (Wildman–Crippen LogP) is 6.73. The Hall–Kier alpha value is -2.43. The van der Waals surface area contributed by atoms with E-state index >= 15 is 0 Å². The molecule has 4 rings (SSSR count). The van der Waals surface area contributed by atoms with E-state index in [1.807, 2.05) is 6.92 Å². The summed E-state index contributed by atoms with van der Waals surface area (Å²) in [6.45, 7) is 0.109. The molecule has 0 spiro atoms. The van der Waals surface area contributed by atoms with Gasteiger partial charge >= 0.3 is 6.18 Å². The summed E-state index contributed by atoms with van der Waals surface area (Å²) >= 11 is 12.1. The minimum absolute atomic E-state index is 0.0217. The molecule has 0 saturated heterocycles. The van der Waals surface area contributed by atoms with Crippen LogP contribution >= 0.6 is 23.2 Å². The Morgan fingerprint density at radius 1 is 1.14 bits per heavy atom. The van der Waals surface area contributed by atoms with Crippen LogP contribution < -0.4 is 4.74 Å². The second kappa shape index (κ2) is 10.9. The zero-order valence-electron chi connectivity index (χ0n) is 18.9. The van der Waals surface area contributed by atoms with Crippen LogP contribution in [-0.2, 0) is 11.2 Å². The van der Waals surface area contributed by atoms with Crippen molar-refractivity contribution < 1.29 is 27.6 Å². The number of aromatic nitrogens is 2. The second-order valence-electron chi connectivity index (χ2n) is 7.90. The summed E-state index contributed by atoms with van der Waals surface area (Å²) in [5.41, 5.74) is 2.18. The van der Waals surface area contributed by atoms with Crippen molar-refractivity contribution in [1.29, 1.82) is 0 Å². The number of ether oxygens (including phenoxy) is 1. The van der Waals surface area contributed by atoms with Crippen molar-refractivity contribution in [2.45, 2.75) is 23.9 Å². The number of benzene rings is 3. The maximum atomic E-state index is 12.7. The molecular formula is C25H21Cl2F3N2O3S. The van der Waals surface area contributed by atoms with E-state index in [-0.39, 0.29) is 28.0 Å². The molecule has 11 heteroatoms. The van der Waals surface area contributed by atoms with Crippen LogP contribution in [0.2, 0.25) is 10.0 Å². The number of hydrogen-bond acceptors (Lipinski definition) is 4. The van der Waals surface area contributed by atoms with Gasteiger partial charge in [-0.15, -0.1) is 0 Å². The zero-order valence-corrected chi connectivity index (χ0v) is 21.2. The predicted molar refractivity (Wildman–Crippen MR) is 135 cm³/mol. The lowest BCUT2D eigenvalue weighted by Crippen LogP contribution is -2.19. The Morgan fingerprint density at radius 3 is 2.47 bits per heavy atom. The van der Waals surface area contributed by atoms with Gasteiger partial charge in [-0.05, 0) is 47.9 Å². The molecule has 0 fully saturated rings. The molecule has 2 N–H and O–H groups in total. The third-order valence-electron chi connectivity index (χ3n) is 5.56. The number of rotatable bonds is 8. The summed E-state index contributed by atoms with van der Waals surface area (Å²) in [5, 5.41) is 10.4. The number of nitrogens with zero attached hydrogens (tertiary/aromatic N) is 1. The molecule has 2 atom stereocenters. The highest BCUT2D eigenvalue weighted by Crippen LogP contribution is 2.43. The van der Waals surface area contributed by atoms with E-state index in [0.717, 1.165) is 5.56 Å². The molecule has 5 nitrogen and oxygen atoms in total. The molecule has 0 saturated carbocycles. The monoisotopic (exact) mass is 556 g/mol. The fourth-order valence-corrected chi connectivity index (χ4v) is 5.31. The lowest BCUT2D eigenvalue weighted by atomic mass is 9.99. The second-order valence-corrected chi connectivity index (χ2v) is 10.4. The molecule has 0 amide bonds. The van der Waals surface area contributed by atoms with Gasteiger partial charge in [0.1, 0.15) is 22.8 Å². The van der Waals surface area contributed by atoms with Crippen molar-refractivity contribution in [3.8, 4) is 16.9 Å². The van der Waals surface area contributed by atoms with Crippen LogP contribution in [0.1, 0.15) is 24.2 Å². The maximum Gasteiger partial charge on any atom is 0.422 e. The van der Waals surface area contributed by atoms with Gasteiger partial charge in [-0.1, -0.05) is 53.5 Å². The van der Waals surface area contributed by atoms with Crippen LogP contribution in [0, 0.1) is 0 Å². The highest BCUT2D eigenvalue weighted by atomic mass is 35.5. The molecule has 0 aliphatic rings. The number of aromatic amines is 1. The average molecular weight is 557 g/mol. The molecule has 36 heavy (non-hydrogen) atoms. The third kappa shape index (κ3) is 5.60. The van der Waals surface area contributed by atoms with Crippen molar-refractivity contribution >= 4 is 45.4 Å². The van der Waals surface area contributed by atoms with Gasteiger partial charge in [-0.3, -0.25) is 0 Å². The van der Waals surface area contributed by atoms with Crippen LogP contribution in [0.4, 0.5) is 13.2 Å². The minimum atomic E-state index is -4.51. The minimum Gasteiger partial charge on any atom is -0.611 e. The SMILES string of the molecule is CC[S+]([O-])c1ccc(C(CO)c2nc3c(Cl)c(-c4ccccc4OCC(F)(F)F)c(Cl)cc3[nH]2)cc1.